The molecule has 1 aliphatic rings. The van der Waals surface area contributed by atoms with Gasteiger partial charge in [0.1, 0.15) is 11.4 Å². The van der Waals surface area contributed by atoms with E-state index < -0.39 is 0 Å². The largest absolute Gasteiger partial charge is 0.495 e. The van der Waals surface area contributed by atoms with Crippen molar-refractivity contribution in [1.29, 1.82) is 0 Å². The average molecular weight is 368 g/mol. The standard InChI is InChI=1S/C20H17N3O2.ClH/c1-3-11-23-19(24)10-8-15-14(7-9-17(25-2)20(15)23)16-13-22-12-5-4-6-18(22)21-16;/h1,4-7,9,12-13H,8,10-11H2,2H3;1H. The Morgan fingerprint density at radius 1 is 1.27 bits per heavy atom. The fraction of sp³-hybridized carbons (Fsp3) is 0.200. The predicted molar refractivity (Wildman–Crippen MR) is 104 cm³/mol. The van der Waals surface area contributed by atoms with Crippen LogP contribution in [0.2, 0.25) is 0 Å². The van der Waals surface area contributed by atoms with Crippen LogP contribution >= 0.6 is 12.4 Å². The normalized spacial score (nSPS) is 13.1. The molecule has 1 aromatic carbocycles. The van der Waals surface area contributed by atoms with Gasteiger partial charge in [-0.1, -0.05) is 12.0 Å². The predicted octanol–water partition coefficient (Wildman–Crippen LogP) is 3.34. The number of methoxy groups -OCH3 is 1. The molecular formula is C20H18ClN3O2. The van der Waals surface area contributed by atoms with Gasteiger partial charge < -0.3 is 9.14 Å². The molecule has 0 fully saturated rings. The molecule has 0 atom stereocenters. The van der Waals surface area contributed by atoms with Gasteiger partial charge in [-0.05, 0) is 36.2 Å². The summed E-state index contributed by atoms with van der Waals surface area (Å²) in [5, 5.41) is 0. The molecule has 0 saturated heterocycles. The molecule has 1 aliphatic heterocycles. The lowest BCUT2D eigenvalue weighted by molar-refractivity contribution is -0.118. The molecule has 0 radical (unpaired) electrons. The number of amides is 1. The molecule has 0 N–H and O–H groups in total. The van der Waals surface area contributed by atoms with Crippen molar-refractivity contribution in [1.82, 2.24) is 9.38 Å². The number of carbonyl (C=O) groups excluding carboxylic acids is 1. The van der Waals surface area contributed by atoms with E-state index in [9.17, 15) is 4.79 Å². The number of anilines is 1. The number of nitrogens with zero attached hydrogens (tertiary/aromatic N) is 3. The van der Waals surface area contributed by atoms with Crippen LogP contribution < -0.4 is 9.64 Å². The van der Waals surface area contributed by atoms with Gasteiger partial charge in [0.05, 0.1) is 25.0 Å². The molecule has 3 heterocycles. The number of pyridine rings is 1. The first kappa shape index (κ1) is 17.8. The van der Waals surface area contributed by atoms with Crippen molar-refractivity contribution in [3.05, 3.63) is 48.3 Å². The van der Waals surface area contributed by atoms with Crippen molar-refractivity contribution in [3.8, 4) is 29.4 Å². The van der Waals surface area contributed by atoms with Crippen molar-refractivity contribution < 1.29 is 9.53 Å². The Morgan fingerprint density at radius 2 is 2.12 bits per heavy atom. The maximum Gasteiger partial charge on any atom is 0.228 e. The molecule has 0 aliphatic carbocycles. The summed E-state index contributed by atoms with van der Waals surface area (Å²) >= 11 is 0. The van der Waals surface area contributed by atoms with Crippen LogP contribution in [0.5, 0.6) is 5.75 Å². The third-order valence-corrected chi connectivity index (χ3v) is 4.51. The van der Waals surface area contributed by atoms with Crippen LogP contribution in [0, 0.1) is 12.3 Å². The van der Waals surface area contributed by atoms with Crippen molar-refractivity contribution in [2.24, 2.45) is 0 Å². The van der Waals surface area contributed by atoms with Crippen molar-refractivity contribution in [2.75, 3.05) is 18.6 Å². The summed E-state index contributed by atoms with van der Waals surface area (Å²) in [4.78, 5) is 18.7. The fourth-order valence-electron chi connectivity index (χ4n) is 3.38. The number of carbonyl (C=O) groups is 1. The number of hydrogen-bond acceptors (Lipinski definition) is 3. The fourth-order valence-corrected chi connectivity index (χ4v) is 3.38. The molecule has 6 heteroatoms. The van der Waals surface area contributed by atoms with Crippen LogP contribution in [0.3, 0.4) is 0 Å². The smallest absolute Gasteiger partial charge is 0.228 e. The molecule has 0 saturated carbocycles. The van der Waals surface area contributed by atoms with E-state index in [1.54, 1.807) is 12.0 Å². The summed E-state index contributed by atoms with van der Waals surface area (Å²) in [5.41, 5.74) is 4.59. The van der Waals surface area contributed by atoms with Gasteiger partial charge in [-0.3, -0.25) is 9.69 Å². The van der Waals surface area contributed by atoms with Crippen LogP contribution in [0.25, 0.3) is 16.9 Å². The van der Waals surface area contributed by atoms with E-state index >= 15 is 0 Å². The van der Waals surface area contributed by atoms with E-state index in [0.29, 0.717) is 18.6 Å². The number of aromatic nitrogens is 2. The highest BCUT2D eigenvalue weighted by molar-refractivity contribution is 6.00. The number of ether oxygens (including phenoxy) is 1. The van der Waals surface area contributed by atoms with Crippen molar-refractivity contribution in [3.63, 3.8) is 0 Å². The van der Waals surface area contributed by atoms with Gasteiger partial charge in [0, 0.05) is 24.4 Å². The summed E-state index contributed by atoms with van der Waals surface area (Å²) < 4.78 is 7.48. The Kier molecular flexibility index (Phi) is 4.88. The number of imidazole rings is 1. The first-order valence-corrected chi connectivity index (χ1v) is 8.10. The molecule has 0 spiro atoms. The molecule has 132 valence electrons. The Balaban J connectivity index is 0.00000196. The number of terminal acetylenes is 1. The topological polar surface area (TPSA) is 46.8 Å². The molecule has 26 heavy (non-hydrogen) atoms. The SMILES string of the molecule is C#CCN1C(=O)CCc2c(-c3cn4ccccc4n3)ccc(OC)c21.Cl. The minimum atomic E-state index is 0. The van der Waals surface area contributed by atoms with Crippen LogP contribution in [0.1, 0.15) is 12.0 Å². The van der Waals surface area contributed by atoms with E-state index in [1.165, 1.54) is 0 Å². The Hall–Kier alpha value is -2.97. The van der Waals surface area contributed by atoms with Crippen LogP contribution in [-0.4, -0.2) is 28.9 Å². The third kappa shape index (κ3) is 2.79. The van der Waals surface area contributed by atoms with Gasteiger partial charge in [-0.15, -0.1) is 18.8 Å². The lowest BCUT2D eigenvalue weighted by Crippen LogP contribution is -2.36. The monoisotopic (exact) mass is 367 g/mol. The zero-order chi connectivity index (χ0) is 17.4. The Labute approximate surface area is 158 Å². The van der Waals surface area contributed by atoms with Crippen LogP contribution in [0.15, 0.2) is 42.7 Å². The molecule has 4 rings (SSSR count). The Morgan fingerprint density at radius 3 is 2.85 bits per heavy atom. The van der Waals surface area contributed by atoms with Gasteiger partial charge in [0.15, 0.2) is 0 Å². The highest BCUT2D eigenvalue weighted by atomic mass is 35.5. The second-order valence-electron chi connectivity index (χ2n) is 5.92. The summed E-state index contributed by atoms with van der Waals surface area (Å²) in [6.07, 6.45) is 10.5. The number of halogens is 1. The molecular weight excluding hydrogens is 350 g/mol. The van der Waals surface area contributed by atoms with E-state index in [1.807, 2.05) is 47.1 Å². The minimum absolute atomic E-state index is 0. The van der Waals surface area contributed by atoms with E-state index in [-0.39, 0.29) is 24.9 Å². The lowest BCUT2D eigenvalue weighted by atomic mass is 9.93. The van der Waals surface area contributed by atoms with Crippen LogP contribution in [0.4, 0.5) is 5.69 Å². The Bertz CT molecular complexity index is 987. The number of fused-ring (bicyclic) bond motifs is 2. The zero-order valence-electron chi connectivity index (χ0n) is 14.3. The average Bonchev–Trinajstić information content (AvgIpc) is 3.07. The van der Waals surface area contributed by atoms with E-state index in [4.69, 9.17) is 16.1 Å². The third-order valence-electron chi connectivity index (χ3n) is 4.51. The summed E-state index contributed by atoms with van der Waals surface area (Å²) in [7, 11) is 1.60. The highest BCUT2D eigenvalue weighted by Crippen LogP contribution is 2.42. The van der Waals surface area contributed by atoms with Crippen molar-refractivity contribution in [2.45, 2.75) is 12.8 Å². The molecule has 1 amide bonds. The zero-order valence-corrected chi connectivity index (χ0v) is 15.1. The number of rotatable bonds is 3. The quantitative estimate of drug-likeness (QED) is 0.667. The summed E-state index contributed by atoms with van der Waals surface area (Å²) in [6, 6.07) is 9.77. The molecule has 2 aromatic heterocycles. The molecule has 5 nitrogen and oxygen atoms in total. The molecule has 3 aromatic rings. The second kappa shape index (κ2) is 7.11. The maximum absolute atomic E-state index is 12.4. The minimum Gasteiger partial charge on any atom is -0.495 e. The van der Waals surface area contributed by atoms with Crippen molar-refractivity contribution >= 4 is 29.6 Å². The summed E-state index contributed by atoms with van der Waals surface area (Å²) in [6.45, 7) is 0.233. The van der Waals surface area contributed by atoms with Crippen LogP contribution in [-0.2, 0) is 11.2 Å². The first-order valence-electron chi connectivity index (χ1n) is 8.10. The highest BCUT2D eigenvalue weighted by Gasteiger charge is 2.29. The number of hydrogen-bond donors (Lipinski definition) is 0. The molecule has 0 bridgehead atoms. The van der Waals surface area contributed by atoms with Gasteiger partial charge in [0.25, 0.3) is 0 Å². The van der Waals surface area contributed by atoms with Gasteiger partial charge in [-0.25, -0.2) is 4.98 Å². The first-order chi connectivity index (χ1) is 12.2. The molecule has 0 unspecified atom stereocenters. The van der Waals surface area contributed by atoms with Gasteiger partial charge >= 0.3 is 0 Å². The lowest BCUT2D eigenvalue weighted by Gasteiger charge is -2.30. The summed E-state index contributed by atoms with van der Waals surface area (Å²) in [5.74, 6) is 3.25. The van der Waals surface area contributed by atoms with Gasteiger partial charge in [-0.2, -0.15) is 0 Å². The second-order valence-corrected chi connectivity index (χ2v) is 5.92. The maximum atomic E-state index is 12.4. The number of benzene rings is 1. The van der Waals surface area contributed by atoms with Gasteiger partial charge in [0.2, 0.25) is 5.91 Å². The van der Waals surface area contributed by atoms with E-state index in [2.05, 4.69) is 5.92 Å². The van der Waals surface area contributed by atoms with E-state index in [0.717, 1.165) is 28.2 Å².